The van der Waals surface area contributed by atoms with Gasteiger partial charge in [0.1, 0.15) is 17.1 Å². The van der Waals surface area contributed by atoms with Crippen LogP contribution in [0.5, 0.6) is 11.5 Å². The van der Waals surface area contributed by atoms with Crippen molar-refractivity contribution in [2.45, 2.75) is 38.6 Å². The number of esters is 1. The standard InChI is InChI=1S/C18H20N2O9/c1-28-18(27)17-11(21)7-10(8-12(17)22)9-19-13(23)3-2-4-16(26)29-20-14(24)5-6-15(20)25/h7-8,21-22H,2-6,9H2,1H3,(H,19,23). The van der Waals surface area contributed by atoms with Crippen LogP contribution in [-0.4, -0.2) is 52.0 Å². The molecule has 11 nitrogen and oxygen atoms in total. The number of hydroxylamine groups is 2. The van der Waals surface area contributed by atoms with Crippen LogP contribution in [0.4, 0.5) is 0 Å². The maximum atomic E-state index is 11.9. The number of imide groups is 1. The molecule has 0 bridgehead atoms. The maximum Gasteiger partial charge on any atom is 0.345 e. The van der Waals surface area contributed by atoms with E-state index in [2.05, 4.69) is 14.9 Å². The summed E-state index contributed by atoms with van der Waals surface area (Å²) in [7, 11) is 1.10. The summed E-state index contributed by atoms with van der Waals surface area (Å²) in [6.07, 6.45) is -0.0752. The summed E-state index contributed by atoms with van der Waals surface area (Å²) in [5.41, 5.74) is -0.0393. The van der Waals surface area contributed by atoms with Gasteiger partial charge in [0.25, 0.3) is 11.8 Å². The molecule has 1 saturated heterocycles. The lowest BCUT2D eigenvalue weighted by Crippen LogP contribution is -2.32. The van der Waals surface area contributed by atoms with Crippen molar-refractivity contribution >= 4 is 29.7 Å². The van der Waals surface area contributed by atoms with Gasteiger partial charge in [-0.15, -0.1) is 5.06 Å². The van der Waals surface area contributed by atoms with Gasteiger partial charge >= 0.3 is 11.9 Å². The van der Waals surface area contributed by atoms with Crippen molar-refractivity contribution in [3.05, 3.63) is 23.3 Å². The number of hydrogen-bond donors (Lipinski definition) is 3. The van der Waals surface area contributed by atoms with Crippen LogP contribution in [0.1, 0.15) is 48.0 Å². The molecule has 1 aromatic carbocycles. The first-order chi connectivity index (χ1) is 13.7. The Balaban J connectivity index is 1.76. The van der Waals surface area contributed by atoms with Gasteiger partial charge < -0.3 is 25.1 Å². The summed E-state index contributed by atoms with van der Waals surface area (Å²) < 4.78 is 4.45. The topological polar surface area (TPSA) is 160 Å². The largest absolute Gasteiger partial charge is 0.507 e. The first-order valence-electron chi connectivity index (χ1n) is 8.69. The third-order valence-corrected chi connectivity index (χ3v) is 4.02. The normalized spacial score (nSPS) is 13.3. The highest BCUT2D eigenvalue weighted by Crippen LogP contribution is 2.29. The van der Waals surface area contributed by atoms with Gasteiger partial charge in [-0.05, 0) is 24.1 Å². The summed E-state index contributed by atoms with van der Waals surface area (Å²) in [6, 6.07) is 2.40. The lowest BCUT2D eigenvalue weighted by molar-refractivity contribution is -0.197. The summed E-state index contributed by atoms with van der Waals surface area (Å²) >= 11 is 0. The number of nitrogens with zero attached hydrogens (tertiary/aromatic N) is 1. The number of hydrogen-bond acceptors (Lipinski definition) is 9. The Kier molecular flexibility index (Phi) is 7.12. The average Bonchev–Trinajstić information content (AvgIpc) is 2.97. The highest BCUT2D eigenvalue weighted by molar-refractivity contribution is 6.01. The van der Waals surface area contributed by atoms with E-state index < -0.39 is 41.2 Å². The van der Waals surface area contributed by atoms with Crippen molar-refractivity contribution in [1.82, 2.24) is 10.4 Å². The zero-order valence-corrected chi connectivity index (χ0v) is 15.6. The predicted octanol–water partition coefficient (Wildman–Crippen LogP) is 0.278. The Bertz CT molecular complexity index is 811. The molecule has 0 unspecified atom stereocenters. The van der Waals surface area contributed by atoms with Crippen LogP contribution in [0.15, 0.2) is 12.1 Å². The van der Waals surface area contributed by atoms with E-state index >= 15 is 0 Å². The second kappa shape index (κ2) is 9.53. The lowest BCUT2D eigenvalue weighted by Gasteiger charge is -2.12. The fourth-order valence-corrected chi connectivity index (χ4v) is 2.57. The molecular formula is C18H20N2O9. The van der Waals surface area contributed by atoms with E-state index in [1.54, 1.807) is 0 Å². The molecule has 0 spiro atoms. The number of phenolic OH excluding ortho intramolecular Hbond substituents is 2. The number of carbonyl (C=O) groups excluding carboxylic acids is 5. The summed E-state index contributed by atoms with van der Waals surface area (Å²) in [6.45, 7) is -0.0391. The number of phenols is 2. The van der Waals surface area contributed by atoms with E-state index in [4.69, 9.17) is 0 Å². The zero-order chi connectivity index (χ0) is 21.6. The van der Waals surface area contributed by atoms with Gasteiger partial charge in [-0.25, -0.2) is 9.59 Å². The predicted molar refractivity (Wildman–Crippen MR) is 94.0 cm³/mol. The minimum absolute atomic E-state index is 0.000234. The number of aromatic hydroxyl groups is 2. The maximum absolute atomic E-state index is 11.9. The molecule has 11 heteroatoms. The second-order valence-corrected chi connectivity index (χ2v) is 6.18. The molecule has 156 valence electrons. The molecular weight excluding hydrogens is 388 g/mol. The van der Waals surface area contributed by atoms with Gasteiger partial charge in [0.05, 0.1) is 7.11 Å². The minimum atomic E-state index is -0.903. The number of carbonyl (C=O) groups is 5. The number of nitrogens with one attached hydrogen (secondary N) is 1. The van der Waals surface area contributed by atoms with E-state index in [0.29, 0.717) is 10.6 Å². The van der Waals surface area contributed by atoms with Crippen molar-refractivity contribution in [2.75, 3.05) is 7.11 Å². The highest BCUT2D eigenvalue weighted by atomic mass is 16.7. The number of amides is 3. The van der Waals surface area contributed by atoms with Gasteiger partial charge in [-0.1, -0.05) is 0 Å². The van der Waals surface area contributed by atoms with Gasteiger partial charge in [0.15, 0.2) is 0 Å². The third kappa shape index (κ3) is 5.67. The Hall–Kier alpha value is -3.63. The van der Waals surface area contributed by atoms with Crippen molar-refractivity contribution < 1.29 is 43.8 Å². The molecule has 0 aromatic heterocycles. The van der Waals surface area contributed by atoms with E-state index in [0.717, 1.165) is 7.11 Å². The molecule has 0 saturated carbocycles. The lowest BCUT2D eigenvalue weighted by atomic mass is 10.1. The summed E-state index contributed by atoms with van der Waals surface area (Å²) in [5, 5.41) is 22.6. The van der Waals surface area contributed by atoms with Crippen molar-refractivity contribution in [2.24, 2.45) is 0 Å². The molecule has 3 N–H and O–H groups in total. The minimum Gasteiger partial charge on any atom is -0.507 e. The van der Waals surface area contributed by atoms with Crippen LogP contribution in [0, 0.1) is 0 Å². The molecule has 29 heavy (non-hydrogen) atoms. The molecule has 1 aliphatic heterocycles. The fraction of sp³-hybridized carbons (Fsp3) is 0.389. The Morgan fingerprint density at radius 2 is 1.66 bits per heavy atom. The van der Waals surface area contributed by atoms with E-state index in [9.17, 15) is 34.2 Å². The Morgan fingerprint density at radius 3 is 2.21 bits per heavy atom. The van der Waals surface area contributed by atoms with Crippen LogP contribution in [0.2, 0.25) is 0 Å². The van der Waals surface area contributed by atoms with Gasteiger partial charge in [0, 0.05) is 32.2 Å². The molecule has 1 fully saturated rings. The summed E-state index contributed by atoms with van der Waals surface area (Å²) in [5.74, 6) is -4.25. The van der Waals surface area contributed by atoms with Crippen LogP contribution >= 0.6 is 0 Å². The van der Waals surface area contributed by atoms with Gasteiger partial charge in [0.2, 0.25) is 5.91 Å². The van der Waals surface area contributed by atoms with Crippen molar-refractivity contribution in [3.8, 4) is 11.5 Å². The molecule has 1 heterocycles. The van der Waals surface area contributed by atoms with Crippen LogP contribution < -0.4 is 5.32 Å². The highest BCUT2D eigenvalue weighted by Gasteiger charge is 2.32. The molecule has 1 aliphatic rings. The Morgan fingerprint density at radius 1 is 1.07 bits per heavy atom. The quantitative estimate of drug-likeness (QED) is 0.405. The zero-order valence-electron chi connectivity index (χ0n) is 15.6. The van der Waals surface area contributed by atoms with Crippen molar-refractivity contribution in [1.29, 1.82) is 0 Å². The molecule has 1 aromatic rings. The molecule has 3 amide bonds. The van der Waals surface area contributed by atoms with E-state index in [1.807, 2.05) is 0 Å². The Labute approximate surface area is 165 Å². The van der Waals surface area contributed by atoms with Gasteiger partial charge in [-0.2, -0.15) is 0 Å². The smallest absolute Gasteiger partial charge is 0.345 e. The van der Waals surface area contributed by atoms with Crippen molar-refractivity contribution in [3.63, 3.8) is 0 Å². The second-order valence-electron chi connectivity index (χ2n) is 6.18. The van der Waals surface area contributed by atoms with Crippen LogP contribution in [0.3, 0.4) is 0 Å². The fourth-order valence-electron chi connectivity index (χ4n) is 2.57. The molecule has 0 atom stereocenters. The number of methoxy groups -OCH3 is 1. The van der Waals surface area contributed by atoms with Gasteiger partial charge in [-0.3, -0.25) is 14.4 Å². The number of ether oxygens (including phenoxy) is 1. The number of benzene rings is 1. The first-order valence-corrected chi connectivity index (χ1v) is 8.69. The molecule has 0 aliphatic carbocycles. The van der Waals surface area contributed by atoms with E-state index in [1.165, 1.54) is 12.1 Å². The summed E-state index contributed by atoms with van der Waals surface area (Å²) in [4.78, 5) is 62.3. The third-order valence-electron chi connectivity index (χ3n) is 4.02. The number of rotatable bonds is 8. The molecule has 2 rings (SSSR count). The first kappa shape index (κ1) is 21.7. The average molecular weight is 408 g/mol. The molecule has 0 radical (unpaired) electrons. The van der Waals surface area contributed by atoms with Crippen LogP contribution in [-0.2, 0) is 35.3 Å². The van der Waals surface area contributed by atoms with Crippen LogP contribution in [0.25, 0.3) is 0 Å². The monoisotopic (exact) mass is 408 g/mol. The van der Waals surface area contributed by atoms with E-state index in [-0.39, 0.29) is 44.2 Å². The SMILES string of the molecule is COC(=O)c1c(O)cc(CNC(=O)CCCC(=O)ON2C(=O)CCC2=O)cc1O.